The molecule has 2 aromatic heterocycles. The van der Waals surface area contributed by atoms with Crippen LogP contribution in [0.1, 0.15) is 12.6 Å². The predicted molar refractivity (Wildman–Crippen MR) is 85.6 cm³/mol. The highest BCUT2D eigenvalue weighted by Crippen LogP contribution is 2.25. The lowest BCUT2D eigenvalue weighted by molar-refractivity contribution is 0.993. The minimum Gasteiger partial charge on any atom is -0.368 e. The lowest BCUT2D eigenvalue weighted by atomic mass is 10.2. The first-order valence-corrected chi connectivity index (χ1v) is 6.92. The number of hydrogen-bond donors (Lipinski definition) is 1. The first-order chi connectivity index (χ1) is 10.2. The minimum atomic E-state index is 0.282. The largest absolute Gasteiger partial charge is 0.368 e. The van der Waals surface area contributed by atoms with Gasteiger partial charge in [-0.1, -0.05) is 18.2 Å². The number of pyridine rings is 1. The first kappa shape index (κ1) is 13.3. The molecule has 0 radical (unpaired) electrons. The van der Waals surface area contributed by atoms with E-state index in [0.717, 1.165) is 34.8 Å². The van der Waals surface area contributed by atoms with E-state index >= 15 is 0 Å². The van der Waals surface area contributed by atoms with Crippen LogP contribution in [0.15, 0.2) is 42.5 Å². The number of nitrogen functional groups attached to an aromatic ring is 1. The normalized spacial score (nSPS) is 10.8. The second-order valence-corrected chi connectivity index (χ2v) is 4.78. The molecular formula is C16H17N5. The van der Waals surface area contributed by atoms with Crippen molar-refractivity contribution in [2.75, 3.05) is 17.2 Å². The molecule has 0 aliphatic rings. The van der Waals surface area contributed by atoms with Crippen LogP contribution < -0.4 is 10.6 Å². The molecule has 21 heavy (non-hydrogen) atoms. The molecule has 2 heterocycles. The standard InChI is InChI=1S/C16H17N5/c1-3-21(12-7-5-4-6-8-12)14-10-9-13-15(20-14)11(2)18-16(17)19-13/h4-10H,3H2,1-2H3,(H2,17,18,19). The van der Waals surface area contributed by atoms with E-state index in [9.17, 15) is 0 Å². The summed E-state index contributed by atoms with van der Waals surface area (Å²) in [4.78, 5) is 15.3. The summed E-state index contributed by atoms with van der Waals surface area (Å²) in [6.07, 6.45) is 0. The number of aromatic nitrogens is 3. The molecule has 0 bridgehead atoms. The van der Waals surface area contributed by atoms with Crippen LogP contribution in [0.4, 0.5) is 17.5 Å². The summed E-state index contributed by atoms with van der Waals surface area (Å²) in [6, 6.07) is 14.1. The van der Waals surface area contributed by atoms with Crippen LogP contribution in [0.25, 0.3) is 11.0 Å². The summed E-state index contributed by atoms with van der Waals surface area (Å²) >= 11 is 0. The molecule has 0 fully saturated rings. The Balaban J connectivity index is 2.12. The van der Waals surface area contributed by atoms with Gasteiger partial charge < -0.3 is 10.6 Å². The second-order valence-electron chi connectivity index (χ2n) is 4.78. The summed E-state index contributed by atoms with van der Waals surface area (Å²) in [5, 5.41) is 0. The van der Waals surface area contributed by atoms with Crippen LogP contribution >= 0.6 is 0 Å². The number of nitrogens with two attached hydrogens (primary N) is 1. The molecule has 0 spiro atoms. The molecule has 0 unspecified atom stereocenters. The van der Waals surface area contributed by atoms with E-state index in [4.69, 9.17) is 10.7 Å². The Morgan fingerprint density at radius 3 is 2.48 bits per heavy atom. The van der Waals surface area contributed by atoms with E-state index in [1.165, 1.54) is 0 Å². The van der Waals surface area contributed by atoms with Crippen LogP contribution in [-0.2, 0) is 0 Å². The number of para-hydroxylation sites is 1. The molecule has 0 aliphatic heterocycles. The van der Waals surface area contributed by atoms with Crippen molar-refractivity contribution >= 4 is 28.5 Å². The summed E-state index contributed by atoms with van der Waals surface area (Å²) in [5.41, 5.74) is 9.15. The fourth-order valence-corrected chi connectivity index (χ4v) is 2.41. The molecule has 3 rings (SSSR count). The second kappa shape index (κ2) is 5.36. The number of aryl methyl sites for hydroxylation is 1. The zero-order valence-corrected chi connectivity index (χ0v) is 12.1. The van der Waals surface area contributed by atoms with Gasteiger partial charge in [0.15, 0.2) is 0 Å². The van der Waals surface area contributed by atoms with E-state index in [0.29, 0.717) is 0 Å². The van der Waals surface area contributed by atoms with Crippen molar-refractivity contribution < 1.29 is 0 Å². The van der Waals surface area contributed by atoms with Crippen molar-refractivity contribution in [2.45, 2.75) is 13.8 Å². The fourth-order valence-electron chi connectivity index (χ4n) is 2.41. The Morgan fingerprint density at radius 1 is 1.00 bits per heavy atom. The van der Waals surface area contributed by atoms with Crippen LogP contribution in [-0.4, -0.2) is 21.5 Å². The highest BCUT2D eigenvalue weighted by Gasteiger charge is 2.11. The summed E-state index contributed by atoms with van der Waals surface area (Å²) in [5.74, 6) is 1.16. The van der Waals surface area contributed by atoms with Crippen molar-refractivity contribution in [1.29, 1.82) is 0 Å². The minimum absolute atomic E-state index is 0.282. The van der Waals surface area contributed by atoms with Gasteiger partial charge in [-0.05, 0) is 38.1 Å². The van der Waals surface area contributed by atoms with Crippen molar-refractivity contribution in [3.63, 3.8) is 0 Å². The van der Waals surface area contributed by atoms with Crippen molar-refractivity contribution in [1.82, 2.24) is 15.0 Å². The van der Waals surface area contributed by atoms with Crippen LogP contribution in [0.3, 0.4) is 0 Å². The zero-order valence-electron chi connectivity index (χ0n) is 12.1. The van der Waals surface area contributed by atoms with Gasteiger partial charge in [-0.25, -0.2) is 15.0 Å². The van der Waals surface area contributed by atoms with E-state index in [2.05, 4.69) is 33.9 Å². The Labute approximate surface area is 123 Å². The molecule has 0 atom stereocenters. The summed E-state index contributed by atoms with van der Waals surface area (Å²) in [7, 11) is 0. The summed E-state index contributed by atoms with van der Waals surface area (Å²) in [6.45, 7) is 4.83. The number of rotatable bonds is 3. The van der Waals surface area contributed by atoms with E-state index in [1.807, 2.05) is 37.3 Å². The molecule has 106 valence electrons. The molecule has 0 saturated heterocycles. The SMILES string of the molecule is CCN(c1ccccc1)c1ccc2nc(N)nc(C)c2n1. The average Bonchev–Trinajstić information content (AvgIpc) is 2.49. The highest BCUT2D eigenvalue weighted by atomic mass is 15.2. The predicted octanol–water partition coefficient (Wildman–Crippen LogP) is 3.07. The van der Waals surface area contributed by atoms with Crippen LogP contribution in [0.5, 0.6) is 0 Å². The fraction of sp³-hybridized carbons (Fsp3) is 0.188. The molecule has 5 heteroatoms. The Kier molecular flexibility index (Phi) is 3.39. The van der Waals surface area contributed by atoms with Gasteiger partial charge in [-0.3, -0.25) is 0 Å². The van der Waals surface area contributed by atoms with Gasteiger partial charge in [0.05, 0.1) is 11.2 Å². The van der Waals surface area contributed by atoms with Crippen molar-refractivity contribution in [3.05, 3.63) is 48.2 Å². The molecule has 2 N–H and O–H groups in total. The van der Waals surface area contributed by atoms with Gasteiger partial charge in [0.2, 0.25) is 5.95 Å². The maximum atomic E-state index is 5.68. The lowest BCUT2D eigenvalue weighted by Crippen LogP contribution is -2.17. The maximum Gasteiger partial charge on any atom is 0.220 e. The topological polar surface area (TPSA) is 67.9 Å². The smallest absolute Gasteiger partial charge is 0.220 e. The van der Waals surface area contributed by atoms with Gasteiger partial charge >= 0.3 is 0 Å². The van der Waals surface area contributed by atoms with Crippen LogP contribution in [0, 0.1) is 6.92 Å². The molecule has 0 aliphatic carbocycles. The summed E-state index contributed by atoms with van der Waals surface area (Å²) < 4.78 is 0. The number of benzene rings is 1. The Bertz CT molecular complexity index is 770. The molecule has 0 saturated carbocycles. The third-order valence-electron chi connectivity index (χ3n) is 3.38. The van der Waals surface area contributed by atoms with Crippen molar-refractivity contribution in [2.24, 2.45) is 0 Å². The zero-order chi connectivity index (χ0) is 14.8. The van der Waals surface area contributed by atoms with E-state index in [1.54, 1.807) is 0 Å². The molecule has 0 amide bonds. The van der Waals surface area contributed by atoms with Crippen LogP contribution in [0.2, 0.25) is 0 Å². The molecule has 3 aromatic rings. The third-order valence-corrected chi connectivity index (χ3v) is 3.38. The highest BCUT2D eigenvalue weighted by molar-refractivity contribution is 5.80. The maximum absolute atomic E-state index is 5.68. The van der Waals surface area contributed by atoms with E-state index < -0.39 is 0 Å². The van der Waals surface area contributed by atoms with Gasteiger partial charge in [0.1, 0.15) is 11.3 Å². The third kappa shape index (κ3) is 2.50. The Hall–Kier alpha value is -2.69. The number of fused-ring (bicyclic) bond motifs is 1. The van der Waals surface area contributed by atoms with Gasteiger partial charge in [0, 0.05) is 12.2 Å². The van der Waals surface area contributed by atoms with Crippen molar-refractivity contribution in [3.8, 4) is 0 Å². The quantitative estimate of drug-likeness (QED) is 0.798. The molecular weight excluding hydrogens is 262 g/mol. The monoisotopic (exact) mass is 279 g/mol. The molecule has 1 aromatic carbocycles. The van der Waals surface area contributed by atoms with E-state index in [-0.39, 0.29) is 5.95 Å². The number of nitrogens with zero attached hydrogens (tertiary/aromatic N) is 4. The van der Waals surface area contributed by atoms with Gasteiger partial charge in [-0.15, -0.1) is 0 Å². The average molecular weight is 279 g/mol. The lowest BCUT2D eigenvalue weighted by Gasteiger charge is -2.22. The Morgan fingerprint density at radius 2 is 1.76 bits per heavy atom. The number of hydrogen-bond acceptors (Lipinski definition) is 5. The molecule has 5 nitrogen and oxygen atoms in total. The number of anilines is 3. The van der Waals surface area contributed by atoms with Gasteiger partial charge in [-0.2, -0.15) is 0 Å². The van der Waals surface area contributed by atoms with Gasteiger partial charge in [0.25, 0.3) is 0 Å². The first-order valence-electron chi connectivity index (χ1n) is 6.92.